The molecule has 0 spiro atoms. The maximum atomic E-state index is 10.9. The van der Waals surface area contributed by atoms with E-state index in [-0.39, 0.29) is 11.3 Å². The number of aromatic nitrogens is 1. The first kappa shape index (κ1) is 8.62. The van der Waals surface area contributed by atoms with Crippen LogP contribution in [0.25, 0.3) is 10.9 Å². The van der Waals surface area contributed by atoms with Crippen LogP contribution in [0.2, 0.25) is 0 Å². The number of carbonyl (C=O) groups is 1. The van der Waals surface area contributed by atoms with E-state index in [0.29, 0.717) is 5.52 Å². The highest BCUT2D eigenvalue weighted by Gasteiger charge is 2.15. The van der Waals surface area contributed by atoms with Crippen LogP contribution in [0, 0.1) is 0 Å². The van der Waals surface area contributed by atoms with Gasteiger partial charge in [-0.05, 0) is 18.2 Å². The van der Waals surface area contributed by atoms with Crippen molar-refractivity contribution in [2.24, 2.45) is 7.05 Å². The zero-order valence-electron chi connectivity index (χ0n) is 7.56. The molecular formula is C10H9NO3. The number of hydrogen-bond acceptors (Lipinski definition) is 2. The third kappa shape index (κ3) is 1.04. The van der Waals surface area contributed by atoms with Crippen LogP contribution in [0.4, 0.5) is 0 Å². The zero-order chi connectivity index (χ0) is 10.3. The summed E-state index contributed by atoms with van der Waals surface area (Å²) in [5.41, 5.74) is 0.493. The lowest BCUT2D eigenvalue weighted by molar-refractivity contribution is 0.0695. The number of carboxylic acids is 1. The molecule has 0 fully saturated rings. The van der Waals surface area contributed by atoms with Gasteiger partial charge in [0, 0.05) is 18.6 Å². The number of fused-ring (bicyclic) bond motifs is 1. The molecule has 1 heterocycles. The van der Waals surface area contributed by atoms with E-state index in [9.17, 15) is 9.90 Å². The van der Waals surface area contributed by atoms with E-state index in [2.05, 4.69) is 0 Å². The predicted octanol–water partition coefficient (Wildman–Crippen LogP) is 1.58. The zero-order valence-corrected chi connectivity index (χ0v) is 7.56. The van der Waals surface area contributed by atoms with Crippen LogP contribution >= 0.6 is 0 Å². The lowest BCUT2D eigenvalue weighted by Crippen LogP contribution is -2.00. The van der Waals surface area contributed by atoms with Gasteiger partial charge in [0.15, 0.2) is 0 Å². The maximum absolute atomic E-state index is 10.9. The van der Waals surface area contributed by atoms with Crippen molar-refractivity contribution >= 4 is 16.9 Å². The van der Waals surface area contributed by atoms with Crippen LogP contribution < -0.4 is 0 Å². The van der Waals surface area contributed by atoms with Crippen molar-refractivity contribution in [1.29, 1.82) is 0 Å². The van der Waals surface area contributed by atoms with Gasteiger partial charge < -0.3 is 14.8 Å². The summed E-state index contributed by atoms with van der Waals surface area (Å²) in [7, 11) is 1.74. The lowest BCUT2D eigenvalue weighted by atomic mass is 10.1. The SMILES string of the molecule is Cn1ccc2ccc(O)c(C(=O)O)c21. The minimum atomic E-state index is -1.12. The van der Waals surface area contributed by atoms with Crippen molar-refractivity contribution < 1.29 is 15.0 Å². The first-order valence-electron chi connectivity index (χ1n) is 4.11. The van der Waals surface area contributed by atoms with Crippen molar-refractivity contribution in [2.45, 2.75) is 0 Å². The molecule has 0 amide bonds. The summed E-state index contributed by atoms with van der Waals surface area (Å²) < 4.78 is 1.68. The Labute approximate surface area is 80.0 Å². The molecule has 2 aromatic rings. The van der Waals surface area contributed by atoms with Gasteiger partial charge in [-0.25, -0.2) is 4.79 Å². The molecule has 0 unspecified atom stereocenters. The molecule has 1 aromatic carbocycles. The Kier molecular flexibility index (Phi) is 1.70. The molecule has 0 aliphatic carbocycles. The Morgan fingerprint density at radius 2 is 2.07 bits per heavy atom. The molecule has 0 aliphatic heterocycles. The van der Waals surface area contributed by atoms with Gasteiger partial charge in [0.05, 0.1) is 5.52 Å². The number of hydrogen-bond donors (Lipinski definition) is 2. The van der Waals surface area contributed by atoms with Crippen molar-refractivity contribution in [2.75, 3.05) is 0 Å². The minimum Gasteiger partial charge on any atom is -0.507 e. The van der Waals surface area contributed by atoms with Gasteiger partial charge in [-0.1, -0.05) is 0 Å². The lowest BCUT2D eigenvalue weighted by Gasteiger charge is -2.03. The monoisotopic (exact) mass is 191 g/mol. The highest BCUT2D eigenvalue weighted by atomic mass is 16.4. The minimum absolute atomic E-state index is 0.0463. The summed E-state index contributed by atoms with van der Waals surface area (Å²) in [6.07, 6.45) is 1.76. The fourth-order valence-electron chi connectivity index (χ4n) is 1.59. The van der Waals surface area contributed by atoms with Gasteiger partial charge in [-0.3, -0.25) is 0 Å². The third-order valence-corrected chi connectivity index (χ3v) is 2.23. The molecular weight excluding hydrogens is 182 g/mol. The average molecular weight is 191 g/mol. The first-order valence-corrected chi connectivity index (χ1v) is 4.11. The number of carboxylic acid groups (broad SMARTS) is 1. The third-order valence-electron chi connectivity index (χ3n) is 2.23. The van der Waals surface area contributed by atoms with Crippen molar-refractivity contribution in [3.05, 3.63) is 30.0 Å². The van der Waals surface area contributed by atoms with Crippen LogP contribution in [0.5, 0.6) is 5.75 Å². The molecule has 4 heteroatoms. The molecule has 0 radical (unpaired) electrons. The second-order valence-electron chi connectivity index (χ2n) is 3.13. The number of aromatic carboxylic acids is 1. The Bertz CT molecular complexity index is 513. The molecule has 2 rings (SSSR count). The summed E-state index contributed by atoms with van der Waals surface area (Å²) in [5, 5.41) is 19.2. The van der Waals surface area contributed by atoms with E-state index < -0.39 is 5.97 Å². The molecule has 1 aromatic heterocycles. The van der Waals surface area contributed by atoms with Crippen LogP contribution in [-0.2, 0) is 7.05 Å². The topological polar surface area (TPSA) is 62.5 Å². The van der Waals surface area contributed by atoms with Crippen LogP contribution in [0.15, 0.2) is 24.4 Å². The van der Waals surface area contributed by atoms with E-state index >= 15 is 0 Å². The van der Waals surface area contributed by atoms with Gasteiger partial charge in [0.2, 0.25) is 0 Å². The summed E-state index contributed by atoms with van der Waals surface area (Å²) in [6.45, 7) is 0. The highest BCUT2D eigenvalue weighted by molar-refractivity contribution is 6.04. The van der Waals surface area contributed by atoms with Crippen molar-refractivity contribution in [3.63, 3.8) is 0 Å². The Balaban J connectivity index is 2.94. The van der Waals surface area contributed by atoms with E-state index in [1.807, 2.05) is 0 Å². The molecule has 4 nitrogen and oxygen atoms in total. The molecule has 0 aliphatic rings. The summed E-state index contributed by atoms with van der Waals surface area (Å²) >= 11 is 0. The first-order chi connectivity index (χ1) is 6.61. The number of phenols is 1. The summed E-state index contributed by atoms with van der Waals surface area (Å²) in [4.78, 5) is 10.9. The van der Waals surface area contributed by atoms with E-state index in [0.717, 1.165) is 5.39 Å². The molecule has 0 atom stereocenters. The molecule has 0 bridgehead atoms. The van der Waals surface area contributed by atoms with Gasteiger partial charge >= 0.3 is 5.97 Å². The summed E-state index contributed by atoms with van der Waals surface area (Å²) in [6, 6.07) is 4.89. The van der Waals surface area contributed by atoms with Crippen LogP contribution in [-0.4, -0.2) is 20.7 Å². The molecule has 72 valence electrons. The van der Waals surface area contributed by atoms with Gasteiger partial charge in [0.25, 0.3) is 0 Å². The average Bonchev–Trinajstić information content (AvgIpc) is 2.47. The molecule has 14 heavy (non-hydrogen) atoms. The van der Waals surface area contributed by atoms with Gasteiger partial charge in [-0.15, -0.1) is 0 Å². The van der Waals surface area contributed by atoms with E-state index in [1.54, 1.807) is 29.9 Å². The number of aryl methyl sites for hydroxylation is 1. The Morgan fingerprint density at radius 1 is 1.36 bits per heavy atom. The number of rotatable bonds is 1. The van der Waals surface area contributed by atoms with Crippen LogP contribution in [0.1, 0.15) is 10.4 Å². The fourth-order valence-corrected chi connectivity index (χ4v) is 1.59. The largest absolute Gasteiger partial charge is 0.507 e. The standard InChI is InChI=1S/C10H9NO3/c1-11-5-4-6-2-3-7(12)8(9(6)11)10(13)14/h2-5,12H,1H3,(H,13,14). The van der Waals surface area contributed by atoms with E-state index in [4.69, 9.17) is 5.11 Å². The Morgan fingerprint density at radius 3 is 2.71 bits per heavy atom. The highest BCUT2D eigenvalue weighted by Crippen LogP contribution is 2.27. The summed E-state index contributed by atoms with van der Waals surface area (Å²) in [5.74, 6) is -1.32. The second kappa shape index (κ2) is 2.77. The molecule has 0 saturated heterocycles. The van der Waals surface area contributed by atoms with Crippen molar-refractivity contribution in [1.82, 2.24) is 4.57 Å². The number of nitrogens with zero attached hydrogens (tertiary/aromatic N) is 1. The molecule has 0 saturated carbocycles. The fraction of sp³-hybridized carbons (Fsp3) is 0.100. The maximum Gasteiger partial charge on any atom is 0.341 e. The number of aromatic hydroxyl groups is 1. The van der Waals surface area contributed by atoms with Crippen LogP contribution in [0.3, 0.4) is 0 Å². The molecule has 2 N–H and O–H groups in total. The second-order valence-corrected chi connectivity index (χ2v) is 3.13. The normalized spacial score (nSPS) is 10.6. The van der Waals surface area contributed by atoms with E-state index in [1.165, 1.54) is 6.07 Å². The smallest absolute Gasteiger partial charge is 0.341 e. The predicted molar refractivity (Wildman–Crippen MR) is 51.5 cm³/mol. The van der Waals surface area contributed by atoms with Gasteiger partial charge in [0.1, 0.15) is 11.3 Å². The van der Waals surface area contributed by atoms with Gasteiger partial charge in [-0.2, -0.15) is 0 Å². The van der Waals surface area contributed by atoms with Crippen molar-refractivity contribution in [3.8, 4) is 5.75 Å². The Hall–Kier alpha value is -1.97. The number of benzene rings is 1. The quantitative estimate of drug-likeness (QED) is 0.719.